The van der Waals surface area contributed by atoms with Crippen LogP contribution in [0.25, 0.3) is 0 Å². The van der Waals surface area contributed by atoms with E-state index < -0.39 is 23.5 Å². The highest BCUT2D eigenvalue weighted by Gasteiger charge is 2.62. The number of carbonyl (C=O) groups excluding carboxylic acids is 1. The number of nitrogens with one attached hydrogen (secondary N) is 1. The first-order chi connectivity index (χ1) is 16.5. The van der Waals surface area contributed by atoms with Gasteiger partial charge in [0.05, 0.1) is 11.3 Å². The molecule has 0 aliphatic heterocycles. The van der Waals surface area contributed by atoms with Crippen molar-refractivity contribution in [3.05, 3.63) is 11.6 Å². The first-order valence-electron chi connectivity index (χ1n) is 13.2. The van der Waals surface area contributed by atoms with Crippen LogP contribution in [-0.2, 0) is 14.4 Å². The van der Waals surface area contributed by atoms with Crippen molar-refractivity contribution in [1.29, 1.82) is 0 Å². The van der Waals surface area contributed by atoms with Crippen molar-refractivity contribution in [2.45, 2.75) is 90.2 Å². The lowest BCUT2D eigenvalue weighted by atomic mass is 9.46. The Morgan fingerprint density at radius 1 is 1.17 bits per heavy atom. The minimum Gasteiger partial charge on any atom is -0.480 e. The van der Waals surface area contributed by atoms with Gasteiger partial charge in [-0.15, -0.1) is 0 Å². The van der Waals surface area contributed by atoms with E-state index in [9.17, 15) is 19.8 Å². The van der Waals surface area contributed by atoms with Gasteiger partial charge in [0, 0.05) is 0 Å². The summed E-state index contributed by atoms with van der Waals surface area (Å²) in [4.78, 5) is 28.8. The molecule has 3 saturated carbocycles. The van der Waals surface area contributed by atoms with Crippen molar-refractivity contribution in [1.82, 2.24) is 5.32 Å². The van der Waals surface area contributed by atoms with Crippen LogP contribution in [0.1, 0.15) is 78.6 Å². The number of rotatable bonds is 8. The van der Waals surface area contributed by atoms with Crippen LogP contribution in [0.4, 0.5) is 0 Å². The molecule has 0 heterocycles. The third kappa shape index (κ3) is 4.89. The maximum atomic E-state index is 12.2. The number of nitrogens with zero attached hydrogens (tertiary/aromatic N) is 1. The molecule has 3 N–H and O–H groups in total. The molecular weight excluding hydrogens is 464 g/mol. The van der Waals surface area contributed by atoms with Crippen LogP contribution < -0.4 is 5.32 Å². The van der Waals surface area contributed by atoms with Crippen LogP contribution in [0.15, 0.2) is 16.8 Å². The Hall–Kier alpha value is -1.54. The van der Waals surface area contributed by atoms with Gasteiger partial charge in [-0.3, -0.25) is 4.79 Å². The van der Waals surface area contributed by atoms with Crippen molar-refractivity contribution >= 4 is 29.4 Å². The molecule has 1 amide bonds. The molecule has 3 unspecified atom stereocenters. The molecule has 4 rings (SSSR count). The number of aliphatic carboxylic acids is 1. The number of oxime groups is 1. The number of hydrogen-bond acceptors (Lipinski definition) is 6. The van der Waals surface area contributed by atoms with E-state index in [0.29, 0.717) is 29.9 Å². The molecule has 0 spiro atoms. The van der Waals surface area contributed by atoms with Gasteiger partial charge in [-0.1, -0.05) is 24.6 Å². The first-order valence-corrected chi connectivity index (χ1v) is 14.5. The van der Waals surface area contributed by atoms with E-state index in [-0.39, 0.29) is 17.4 Å². The van der Waals surface area contributed by atoms with Crippen LogP contribution >= 0.6 is 11.8 Å². The number of thioether (sulfide) groups is 1. The van der Waals surface area contributed by atoms with Gasteiger partial charge in [0.15, 0.2) is 6.61 Å². The predicted octanol–water partition coefficient (Wildman–Crippen LogP) is 4.40. The third-order valence-corrected chi connectivity index (χ3v) is 10.8. The van der Waals surface area contributed by atoms with Gasteiger partial charge in [0.1, 0.15) is 6.04 Å². The predicted molar refractivity (Wildman–Crippen MR) is 138 cm³/mol. The molecule has 196 valence electrons. The molecular formula is C27H42N2O5S. The number of fused-ring (bicyclic) bond motifs is 5. The summed E-state index contributed by atoms with van der Waals surface area (Å²) in [6.45, 7) is 6.53. The maximum Gasteiger partial charge on any atom is 0.326 e. The average molecular weight is 507 g/mol. The molecule has 7 nitrogen and oxygen atoms in total. The lowest BCUT2D eigenvalue weighted by molar-refractivity contribution is -0.142. The summed E-state index contributed by atoms with van der Waals surface area (Å²) in [5, 5.41) is 27.1. The van der Waals surface area contributed by atoms with Crippen LogP contribution in [0.5, 0.6) is 0 Å². The molecule has 8 heteroatoms. The normalized spacial score (nSPS) is 40.2. The fraction of sp³-hybridized carbons (Fsp3) is 0.815. The quantitative estimate of drug-likeness (QED) is 0.421. The topological polar surface area (TPSA) is 108 Å². The second-order valence-electron chi connectivity index (χ2n) is 11.9. The van der Waals surface area contributed by atoms with Crippen LogP contribution in [-0.4, -0.2) is 58.1 Å². The monoisotopic (exact) mass is 506 g/mol. The van der Waals surface area contributed by atoms with E-state index in [2.05, 4.69) is 37.3 Å². The zero-order valence-electron chi connectivity index (χ0n) is 21.6. The molecule has 0 aromatic carbocycles. The van der Waals surface area contributed by atoms with E-state index >= 15 is 0 Å². The van der Waals surface area contributed by atoms with Crippen LogP contribution in [0.2, 0.25) is 0 Å². The number of carbonyl (C=O) groups is 2. The number of hydrogen-bond donors (Lipinski definition) is 3. The molecule has 4 aliphatic rings. The fourth-order valence-electron chi connectivity index (χ4n) is 7.79. The van der Waals surface area contributed by atoms with Gasteiger partial charge in [0.2, 0.25) is 0 Å². The van der Waals surface area contributed by atoms with Crippen molar-refractivity contribution in [2.75, 3.05) is 18.6 Å². The summed E-state index contributed by atoms with van der Waals surface area (Å²) in [6, 6.07) is -0.903. The molecule has 0 bridgehead atoms. The van der Waals surface area contributed by atoms with Gasteiger partial charge >= 0.3 is 5.97 Å². The Balaban J connectivity index is 1.37. The largest absolute Gasteiger partial charge is 0.480 e. The van der Waals surface area contributed by atoms with Gasteiger partial charge in [-0.2, -0.15) is 11.8 Å². The standard InChI is InChI=1S/C27H42N2O5S/c1-25-11-7-18(29-34-16-23(30)28-22(24(31)32)10-14-35-4)15-17(25)5-6-19-20(25)8-12-26(2)21(19)9-13-27(26,3)33/h15,19-22,33H,5-14,16H2,1-4H3,(H,28,30)(H,31,32)/t19-,20?,21?,22?,25+,26+,27+/m1/s1. The summed E-state index contributed by atoms with van der Waals surface area (Å²) in [5.41, 5.74) is 1.98. The molecule has 4 aliphatic carbocycles. The molecule has 0 saturated heterocycles. The minimum atomic E-state index is -1.03. The summed E-state index contributed by atoms with van der Waals surface area (Å²) in [5.74, 6) is 1.10. The molecule has 3 fully saturated rings. The molecule has 0 radical (unpaired) electrons. The number of aliphatic hydroxyl groups is 1. The lowest BCUT2D eigenvalue weighted by Crippen LogP contribution is -2.53. The van der Waals surface area contributed by atoms with E-state index in [1.165, 1.54) is 18.4 Å². The van der Waals surface area contributed by atoms with E-state index in [4.69, 9.17) is 4.84 Å². The van der Waals surface area contributed by atoms with Crippen molar-refractivity contribution in [3.8, 4) is 0 Å². The minimum absolute atomic E-state index is 0.0382. The lowest BCUT2D eigenvalue weighted by Gasteiger charge is -2.59. The number of allylic oxidation sites excluding steroid dienone is 2. The van der Waals surface area contributed by atoms with E-state index in [1.54, 1.807) is 11.8 Å². The van der Waals surface area contributed by atoms with Crippen LogP contribution in [0.3, 0.4) is 0 Å². The molecule has 35 heavy (non-hydrogen) atoms. The highest BCUT2D eigenvalue weighted by Crippen LogP contribution is 2.67. The number of carboxylic acid groups (broad SMARTS) is 1. The summed E-state index contributed by atoms with van der Waals surface area (Å²) in [6.07, 6.45) is 12.9. The summed E-state index contributed by atoms with van der Waals surface area (Å²) >= 11 is 1.55. The Kier molecular flexibility index (Phi) is 7.64. The zero-order chi connectivity index (χ0) is 25.4. The highest BCUT2D eigenvalue weighted by molar-refractivity contribution is 7.98. The SMILES string of the molecule is CSCCC(NC(=O)CON=C1C=C2CC[C@@H]3C(CC[C@@]4(C)C3CC[C@]4(C)O)[C@@]2(C)CC1)C(=O)O. The van der Waals surface area contributed by atoms with E-state index in [1.807, 2.05) is 6.26 Å². The van der Waals surface area contributed by atoms with Crippen molar-refractivity contribution in [3.63, 3.8) is 0 Å². The summed E-state index contributed by atoms with van der Waals surface area (Å²) < 4.78 is 0. The van der Waals surface area contributed by atoms with Gasteiger partial charge in [0.25, 0.3) is 5.91 Å². The molecule has 0 aromatic rings. The zero-order valence-corrected chi connectivity index (χ0v) is 22.5. The fourth-order valence-corrected chi connectivity index (χ4v) is 8.26. The van der Waals surface area contributed by atoms with E-state index in [0.717, 1.165) is 44.2 Å². The Morgan fingerprint density at radius 3 is 2.63 bits per heavy atom. The third-order valence-electron chi connectivity index (χ3n) is 10.2. The second kappa shape index (κ2) is 10.1. The van der Waals surface area contributed by atoms with Gasteiger partial charge in [-0.25, -0.2) is 4.79 Å². The van der Waals surface area contributed by atoms with Gasteiger partial charge < -0.3 is 20.4 Å². The summed E-state index contributed by atoms with van der Waals surface area (Å²) in [7, 11) is 0. The Labute approximate surface area is 213 Å². The van der Waals surface area contributed by atoms with Gasteiger partial charge in [-0.05, 0) is 111 Å². The highest BCUT2D eigenvalue weighted by atomic mass is 32.2. The van der Waals surface area contributed by atoms with Crippen molar-refractivity contribution < 1.29 is 24.6 Å². The second-order valence-corrected chi connectivity index (χ2v) is 12.9. The number of carboxylic acids is 1. The molecule has 0 aromatic heterocycles. The smallest absolute Gasteiger partial charge is 0.326 e. The Morgan fingerprint density at radius 2 is 1.91 bits per heavy atom. The maximum absolute atomic E-state index is 12.2. The first kappa shape index (κ1) is 26.5. The number of amides is 1. The Bertz CT molecular complexity index is 902. The molecule has 7 atom stereocenters. The average Bonchev–Trinajstić information content (AvgIpc) is 3.05. The van der Waals surface area contributed by atoms with Crippen LogP contribution in [0, 0.1) is 28.6 Å². The van der Waals surface area contributed by atoms with Crippen molar-refractivity contribution in [2.24, 2.45) is 33.7 Å².